The Hall–Kier alpha value is -1.07. The molecule has 1 saturated carbocycles. The predicted molar refractivity (Wildman–Crippen MR) is 102 cm³/mol. The molecule has 2 N–H and O–H groups in total. The quantitative estimate of drug-likeness (QED) is 0.787. The molecule has 4 nitrogen and oxygen atoms in total. The molecule has 2 bridgehead atoms. The summed E-state index contributed by atoms with van der Waals surface area (Å²) in [6, 6.07) is 2.17. The summed E-state index contributed by atoms with van der Waals surface area (Å²) in [5.41, 5.74) is 2.12. The largest absolute Gasteiger partial charge is 0.504 e. The van der Waals surface area contributed by atoms with Gasteiger partial charge in [0.2, 0.25) is 0 Å². The number of fused-ring (bicyclic) bond motifs is 2. The van der Waals surface area contributed by atoms with Crippen LogP contribution < -0.4 is 10.1 Å². The highest BCUT2D eigenvalue weighted by molar-refractivity contribution is 9.10. The van der Waals surface area contributed by atoms with E-state index in [4.69, 9.17) is 4.74 Å². The summed E-state index contributed by atoms with van der Waals surface area (Å²) >= 11 is 3.65. The standard InChI is InChI=1S/C20H28BrNO3/c1-12-15(16(21)9-18(25-3)19(12)24)8-17-13-4-5-14(23)11-20(2,10-13)6-7-22-17/h9,13,17,22,24H,4-8,10-11H2,1-3H3/t13?,17?,20-/m1/s1. The number of ether oxygens (including phenoxy) is 1. The normalized spacial score (nSPS) is 29.8. The molecule has 5 heteroatoms. The Balaban J connectivity index is 1.88. The monoisotopic (exact) mass is 409 g/mol. The zero-order valence-electron chi connectivity index (χ0n) is 15.3. The molecule has 1 aromatic carbocycles. The van der Waals surface area contributed by atoms with Gasteiger partial charge in [0.05, 0.1) is 7.11 Å². The molecule has 2 unspecified atom stereocenters. The van der Waals surface area contributed by atoms with Crippen molar-refractivity contribution in [3.8, 4) is 11.5 Å². The molecule has 0 radical (unpaired) electrons. The molecule has 2 aliphatic rings. The average Bonchev–Trinajstić information content (AvgIpc) is 2.81. The van der Waals surface area contributed by atoms with Crippen LogP contribution in [0.5, 0.6) is 11.5 Å². The SMILES string of the molecule is COc1cc(Br)c(CC2NCC[C@@]3(C)CC(=O)CCC2C3)c(C)c1O. The fourth-order valence-corrected chi connectivity index (χ4v) is 5.29. The van der Waals surface area contributed by atoms with Gasteiger partial charge in [-0.15, -0.1) is 0 Å². The molecule has 3 atom stereocenters. The van der Waals surface area contributed by atoms with Crippen LogP contribution in [0.4, 0.5) is 0 Å². The number of Topliss-reactive ketones (excluding diaryl/α,β-unsaturated/α-hetero) is 1. The Morgan fingerprint density at radius 1 is 1.48 bits per heavy atom. The van der Waals surface area contributed by atoms with E-state index in [1.807, 2.05) is 13.0 Å². The Bertz CT molecular complexity index is 675. The molecule has 25 heavy (non-hydrogen) atoms. The van der Waals surface area contributed by atoms with E-state index in [9.17, 15) is 9.90 Å². The number of ketones is 1. The smallest absolute Gasteiger partial charge is 0.161 e. The van der Waals surface area contributed by atoms with Crippen LogP contribution in [-0.4, -0.2) is 30.6 Å². The number of carbonyl (C=O) groups excluding carboxylic acids is 1. The number of phenols is 1. The first-order valence-corrected chi connectivity index (χ1v) is 9.92. The summed E-state index contributed by atoms with van der Waals surface area (Å²) in [6.45, 7) is 5.16. The van der Waals surface area contributed by atoms with Crippen LogP contribution in [0, 0.1) is 18.3 Å². The maximum absolute atomic E-state index is 12.2. The average molecular weight is 410 g/mol. The van der Waals surface area contributed by atoms with Crippen LogP contribution in [0.1, 0.15) is 50.2 Å². The van der Waals surface area contributed by atoms with Gasteiger partial charge in [-0.25, -0.2) is 0 Å². The minimum Gasteiger partial charge on any atom is -0.504 e. The van der Waals surface area contributed by atoms with Crippen LogP contribution in [-0.2, 0) is 11.2 Å². The molecule has 1 saturated heterocycles. The number of benzene rings is 1. The van der Waals surface area contributed by atoms with E-state index < -0.39 is 0 Å². The summed E-state index contributed by atoms with van der Waals surface area (Å²) in [6.07, 6.45) is 5.40. The van der Waals surface area contributed by atoms with Gasteiger partial charge in [-0.3, -0.25) is 4.79 Å². The van der Waals surface area contributed by atoms with E-state index in [1.165, 1.54) is 0 Å². The molecule has 0 amide bonds. The van der Waals surface area contributed by atoms with Gasteiger partial charge in [-0.05, 0) is 67.7 Å². The van der Waals surface area contributed by atoms with E-state index >= 15 is 0 Å². The molecule has 1 aliphatic heterocycles. The number of methoxy groups -OCH3 is 1. The summed E-state index contributed by atoms with van der Waals surface area (Å²) in [5, 5.41) is 14.1. The lowest BCUT2D eigenvalue weighted by molar-refractivity contribution is -0.120. The zero-order chi connectivity index (χ0) is 18.2. The second-order valence-corrected chi connectivity index (χ2v) is 8.91. The lowest BCUT2D eigenvalue weighted by Gasteiger charge is -2.30. The first-order chi connectivity index (χ1) is 11.8. The minimum atomic E-state index is 0.133. The number of phenolic OH excluding ortho intramolecular Hbond substituents is 1. The van der Waals surface area contributed by atoms with Gasteiger partial charge in [-0.2, -0.15) is 0 Å². The Morgan fingerprint density at radius 2 is 2.24 bits per heavy atom. The van der Waals surface area contributed by atoms with Crippen molar-refractivity contribution in [1.82, 2.24) is 5.32 Å². The van der Waals surface area contributed by atoms with Crippen LogP contribution in [0.25, 0.3) is 0 Å². The molecular weight excluding hydrogens is 382 g/mol. The lowest BCUT2D eigenvalue weighted by Crippen LogP contribution is -2.37. The van der Waals surface area contributed by atoms with Crippen LogP contribution in [0.15, 0.2) is 10.5 Å². The van der Waals surface area contributed by atoms with Crippen molar-refractivity contribution in [2.75, 3.05) is 13.7 Å². The van der Waals surface area contributed by atoms with Crippen molar-refractivity contribution in [3.63, 3.8) is 0 Å². The van der Waals surface area contributed by atoms with Gasteiger partial charge >= 0.3 is 0 Å². The summed E-state index contributed by atoms with van der Waals surface area (Å²) in [4.78, 5) is 12.2. The van der Waals surface area contributed by atoms with E-state index in [0.29, 0.717) is 29.9 Å². The van der Waals surface area contributed by atoms with E-state index in [1.54, 1.807) is 7.11 Å². The van der Waals surface area contributed by atoms with Crippen molar-refractivity contribution in [2.24, 2.45) is 11.3 Å². The van der Waals surface area contributed by atoms with Crippen molar-refractivity contribution >= 4 is 21.7 Å². The molecule has 1 aliphatic carbocycles. The summed E-state index contributed by atoms with van der Waals surface area (Å²) < 4.78 is 6.22. The van der Waals surface area contributed by atoms with Crippen LogP contribution in [0.2, 0.25) is 0 Å². The van der Waals surface area contributed by atoms with E-state index in [-0.39, 0.29) is 11.2 Å². The Labute approximate surface area is 158 Å². The number of hydrogen-bond acceptors (Lipinski definition) is 4. The minimum absolute atomic E-state index is 0.133. The topological polar surface area (TPSA) is 58.6 Å². The number of carbonyl (C=O) groups is 1. The maximum Gasteiger partial charge on any atom is 0.161 e. The van der Waals surface area contributed by atoms with E-state index in [2.05, 4.69) is 28.2 Å². The van der Waals surface area contributed by atoms with Crippen molar-refractivity contribution in [1.29, 1.82) is 0 Å². The molecule has 138 valence electrons. The maximum atomic E-state index is 12.2. The van der Waals surface area contributed by atoms with Crippen molar-refractivity contribution in [3.05, 3.63) is 21.7 Å². The number of aromatic hydroxyl groups is 1. The van der Waals surface area contributed by atoms with Gasteiger partial charge < -0.3 is 15.2 Å². The van der Waals surface area contributed by atoms with Gasteiger partial charge in [0.1, 0.15) is 5.78 Å². The van der Waals surface area contributed by atoms with Gasteiger partial charge in [0.15, 0.2) is 11.5 Å². The van der Waals surface area contributed by atoms with Crippen molar-refractivity contribution in [2.45, 2.75) is 58.4 Å². The lowest BCUT2D eigenvalue weighted by atomic mass is 9.75. The molecule has 1 aromatic rings. The highest BCUT2D eigenvalue weighted by atomic mass is 79.9. The highest BCUT2D eigenvalue weighted by Gasteiger charge is 2.39. The first-order valence-electron chi connectivity index (χ1n) is 9.13. The second-order valence-electron chi connectivity index (χ2n) is 8.06. The highest BCUT2D eigenvalue weighted by Crippen LogP contribution is 2.43. The summed E-state index contributed by atoms with van der Waals surface area (Å²) in [7, 11) is 1.57. The Morgan fingerprint density at radius 3 is 2.96 bits per heavy atom. The molecule has 3 rings (SSSR count). The van der Waals surface area contributed by atoms with Gasteiger partial charge in [0, 0.05) is 23.4 Å². The van der Waals surface area contributed by atoms with Gasteiger partial charge in [-0.1, -0.05) is 22.9 Å². The van der Waals surface area contributed by atoms with Gasteiger partial charge in [0.25, 0.3) is 0 Å². The second kappa shape index (κ2) is 7.28. The molecular formula is C20H28BrNO3. The predicted octanol–water partition coefficient (Wildman–Crippen LogP) is 4.14. The van der Waals surface area contributed by atoms with Crippen LogP contribution in [0.3, 0.4) is 0 Å². The van der Waals surface area contributed by atoms with E-state index in [0.717, 1.165) is 54.2 Å². The third kappa shape index (κ3) is 3.87. The number of halogens is 1. The van der Waals surface area contributed by atoms with Crippen LogP contribution >= 0.6 is 15.9 Å². The number of nitrogens with one attached hydrogen (secondary N) is 1. The molecule has 0 spiro atoms. The zero-order valence-corrected chi connectivity index (χ0v) is 16.9. The number of hydrogen-bond donors (Lipinski definition) is 2. The fourth-order valence-electron chi connectivity index (χ4n) is 4.62. The number of rotatable bonds is 3. The Kier molecular flexibility index (Phi) is 5.45. The molecule has 0 aromatic heterocycles. The molecule has 1 heterocycles. The van der Waals surface area contributed by atoms with Crippen molar-refractivity contribution < 1.29 is 14.6 Å². The fraction of sp³-hybridized carbons (Fsp3) is 0.650. The third-order valence-corrected chi connectivity index (χ3v) is 6.82. The summed E-state index contributed by atoms with van der Waals surface area (Å²) in [5.74, 6) is 1.63. The third-order valence-electron chi connectivity index (χ3n) is 6.11. The first kappa shape index (κ1) is 18.7. The molecule has 2 fully saturated rings.